The molecule has 480 valence electrons. The number of ether oxygens (including phenoxy) is 4. The van der Waals surface area contributed by atoms with Crippen LogP contribution in [0, 0.1) is 32.1 Å². The van der Waals surface area contributed by atoms with Crippen LogP contribution in [0.3, 0.4) is 0 Å². The van der Waals surface area contributed by atoms with Gasteiger partial charge in [-0.05, 0) is 105 Å². The molecule has 4 aliphatic rings. The summed E-state index contributed by atoms with van der Waals surface area (Å²) in [4.78, 5) is 41.2. The molecule has 6 aromatic carbocycles. The molecule has 2 saturated heterocycles. The third kappa shape index (κ3) is 15.9. The van der Waals surface area contributed by atoms with E-state index in [9.17, 15) is 29.7 Å². The van der Waals surface area contributed by atoms with Crippen LogP contribution >= 0.6 is 15.6 Å². The van der Waals surface area contributed by atoms with Gasteiger partial charge in [-0.2, -0.15) is 0 Å². The molecule has 0 amide bonds. The van der Waals surface area contributed by atoms with Gasteiger partial charge in [0.05, 0.1) is 48.5 Å². The van der Waals surface area contributed by atoms with Gasteiger partial charge in [-0.15, -0.1) is 0 Å². The number of phosphoric ester groups is 2. The minimum Gasteiger partial charge on any atom is -0.756 e. The lowest BCUT2D eigenvalue weighted by Gasteiger charge is -2.40. The van der Waals surface area contributed by atoms with E-state index in [2.05, 4.69) is 121 Å². The molecule has 0 aromatic heterocycles. The Kier molecular flexibility index (Phi) is 21.4. The molecule has 2 heterocycles. The summed E-state index contributed by atoms with van der Waals surface area (Å²) in [6.45, 7) is 24.6. The molecule has 89 heavy (non-hydrogen) atoms. The summed E-state index contributed by atoms with van der Waals surface area (Å²) in [6, 6.07) is 44.3. The molecule has 2 fully saturated rings. The van der Waals surface area contributed by atoms with Crippen LogP contribution in [0.25, 0.3) is 22.3 Å². The SMILES string of the molecule is C.C[C@H]1[C@H](Oc2ccc([N+](=O)[O-])cc2)OC(COP(=O)(OCC2c3ccccc3-c3ccccc32)OCC2c3ccccc3-c3ccccc32)[C@H]1O[Si](C)(C)C(C)(C)C.C[C@H]1[C@H](Oc2ccc([N+](=O)[O-])cc2)O[C@H](COP(=O)([O-])O)[C@H]1O[Si](C)(C)C(C)(C)C. The summed E-state index contributed by atoms with van der Waals surface area (Å²) in [5.41, 5.74) is 8.77. The Balaban J connectivity index is 0.000000280. The van der Waals surface area contributed by atoms with Crippen molar-refractivity contribution >= 4 is 43.7 Å². The lowest BCUT2D eigenvalue weighted by atomic mass is 9.98. The number of nitrogens with zero attached hydrogens (tertiary/aromatic N) is 2. The largest absolute Gasteiger partial charge is 0.756 e. The number of nitro benzene ring substituents is 2. The van der Waals surface area contributed by atoms with Crippen LogP contribution in [0.15, 0.2) is 146 Å². The minimum atomic E-state index is -4.93. The van der Waals surface area contributed by atoms with Crippen LogP contribution in [0.2, 0.25) is 36.3 Å². The van der Waals surface area contributed by atoms with Crippen LogP contribution in [0.4, 0.5) is 11.4 Å². The van der Waals surface area contributed by atoms with E-state index in [-0.39, 0.29) is 72.4 Å². The van der Waals surface area contributed by atoms with Crippen molar-refractivity contribution in [3.8, 4) is 33.8 Å². The van der Waals surface area contributed by atoms with Crippen molar-refractivity contribution in [2.75, 3.05) is 26.4 Å². The van der Waals surface area contributed by atoms with Gasteiger partial charge in [0.15, 0.2) is 16.6 Å². The van der Waals surface area contributed by atoms with Crippen LogP contribution in [-0.2, 0) is 45.6 Å². The normalized spacial score (nSPS) is 22.4. The summed E-state index contributed by atoms with van der Waals surface area (Å²) >= 11 is 0. The lowest BCUT2D eigenvalue weighted by molar-refractivity contribution is -0.385. The molecule has 2 aliphatic carbocycles. The van der Waals surface area contributed by atoms with E-state index in [1.54, 1.807) is 12.1 Å². The van der Waals surface area contributed by atoms with Crippen molar-refractivity contribution in [1.29, 1.82) is 0 Å². The van der Waals surface area contributed by atoms with Gasteiger partial charge in [-0.25, -0.2) is 4.57 Å². The molecule has 6 aromatic rings. The smallest absolute Gasteiger partial charge is 0.474 e. The first-order chi connectivity index (χ1) is 41.3. The summed E-state index contributed by atoms with van der Waals surface area (Å²) in [7, 11) is -13.8. The Morgan fingerprint density at radius 3 is 1.08 bits per heavy atom. The van der Waals surface area contributed by atoms with Gasteiger partial charge in [-0.1, -0.05) is 160 Å². The second-order valence-corrected chi connectivity index (χ2v) is 38.2. The third-order valence-corrected chi connectivity index (χ3v) is 28.7. The zero-order valence-electron chi connectivity index (χ0n) is 51.6. The van der Waals surface area contributed by atoms with E-state index in [1.807, 2.05) is 62.4 Å². The monoisotopic (exact) mass is 1300 g/mol. The number of hydrogen-bond acceptors (Lipinski definition) is 17. The Morgan fingerprint density at radius 2 is 0.787 bits per heavy atom. The van der Waals surface area contributed by atoms with E-state index in [0.717, 1.165) is 44.5 Å². The molecule has 20 nitrogen and oxygen atoms in total. The Labute approximate surface area is 523 Å². The molecule has 0 spiro atoms. The summed E-state index contributed by atoms with van der Waals surface area (Å²) in [5, 5.41) is 21.9. The first-order valence-electron chi connectivity index (χ1n) is 29.4. The lowest BCUT2D eigenvalue weighted by Crippen LogP contribution is -2.48. The van der Waals surface area contributed by atoms with Crippen LogP contribution in [0.5, 0.6) is 11.5 Å². The highest BCUT2D eigenvalue weighted by Crippen LogP contribution is 2.56. The predicted octanol–water partition coefficient (Wildman–Crippen LogP) is 15.3. The molecular formula is C65H83N2O18P2Si2-. The van der Waals surface area contributed by atoms with Gasteiger partial charge >= 0.3 is 7.82 Å². The third-order valence-electron chi connectivity index (χ3n) is 17.8. The highest BCUT2D eigenvalue weighted by molar-refractivity contribution is 7.48. The standard InChI is InChI=1S/C46H50NO9PSi.C18H30NO9PSi.CH4/c1-30-44(56-58(5,6)46(2,3)4)43(55-45(30)54-32-25-23-31(24-26-32)47(48)49)29-53-57(50,51-27-41-37-19-11-7-15-33(37)34-16-8-12-20-38(34)41)52-28-42-39-21-13-9-17-35(39)36-18-10-14-22-40(36)42;1-12-16(28-30(5,6)18(2,3)4)15(11-25-29(22,23)24)27-17(12)26-14-9-7-13(8-10-14)19(20)21;/h7-26,30,41-45H,27-29H2,1-6H3;7-10,12,15-17H,11H2,1-6H3,(H2,22,23,24);1H4/p-1/t30-,43?,44+,45-;12-,15-,16+,17-;/m11./s1. The fraction of sp³-hybridized carbons (Fsp3) is 0.446. The summed E-state index contributed by atoms with van der Waals surface area (Å²) in [6.07, 6.45) is -4.07. The van der Waals surface area contributed by atoms with Crippen molar-refractivity contribution in [3.63, 3.8) is 0 Å². The number of hydrogen-bond donors (Lipinski definition) is 1. The fourth-order valence-electron chi connectivity index (χ4n) is 10.9. The van der Waals surface area contributed by atoms with Gasteiger partial charge < -0.3 is 42.1 Å². The molecule has 2 unspecified atom stereocenters. The maximum Gasteiger partial charge on any atom is 0.474 e. The van der Waals surface area contributed by atoms with Gasteiger partial charge in [0, 0.05) is 47.9 Å². The van der Waals surface area contributed by atoms with E-state index in [0.29, 0.717) is 11.5 Å². The van der Waals surface area contributed by atoms with E-state index in [1.165, 1.54) is 36.4 Å². The predicted molar refractivity (Wildman–Crippen MR) is 343 cm³/mol. The molecule has 0 radical (unpaired) electrons. The van der Waals surface area contributed by atoms with Crippen LogP contribution < -0.4 is 14.4 Å². The number of phosphoric acid groups is 2. The average molecular weight is 1300 g/mol. The second-order valence-electron chi connectivity index (χ2n) is 25.8. The molecule has 0 saturated carbocycles. The van der Waals surface area contributed by atoms with Gasteiger partial charge in [0.1, 0.15) is 23.7 Å². The maximum absolute atomic E-state index is 15.2. The van der Waals surface area contributed by atoms with E-state index >= 15 is 4.57 Å². The van der Waals surface area contributed by atoms with Crippen molar-refractivity contribution in [1.82, 2.24) is 0 Å². The molecular weight excluding hydrogens is 1210 g/mol. The molecule has 1 N–H and O–H groups in total. The zero-order valence-corrected chi connectivity index (χ0v) is 55.4. The molecule has 9 atom stereocenters. The van der Waals surface area contributed by atoms with Crippen molar-refractivity contribution < 1.29 is 74.7 Å². The zero-order chi connectivity index (χ0) is 63.7. The Bertz CT molecular complexity index is 3340. The van der Waals surface area contributed by atoms with Crippen molar-refractivity contribution in [2.24, 2.45) is 11.8 Å². The molecule has 10 rings (SSSR count). The first kappa shape index (κ1) is 69.1. The van der Waals surface area contributed by atoms with Crippen LogP contribution in [0.1, 0.15) is 96.9 Å². The summed E-state index contributed by atoms with van der Waals surface area (Å²) < 4.78 is 88.1. The quantitative estimate of drug-likeness (QED) is 0.0287. The number of rotatable bonds is 22. The topological polar surface area (TPSA) is 256 Å². The average Bonchev–Trinajstić information content (AvgIpc) is 1.68. The van der Waals surface area contributed by atoms with Gasteiger partial charge in [0.25, 0.3) is 19.2 Å². The van der Waals surface area contributed by atoms with E-state index < -0.39 is 85.7 Å². The number of fused-ring (bicyclic) bond motifs is 6. The number of benzene rings is 6. The summed E-state index contributed by atoms with van der Waals surface area (Å²) in [5.74, 6) is -0.163. The number of non-ortho nitro benzene ring substituents is 2. The van der Waals surface area contributed by atoms with Crippen molar-refractivity contribution in [2.45, 2.75) is 148 Å². The first-order valence-corrected chi connectivity index (χ1v) is 38.2. The molecule has 2 aliphatic heterocycles. The number of nitro groups is 2. The minimum absolute atomic E-state index is 0. The highest BCUT2D eigenvalue weighted by Gasteiger charge is 2.52. The van der Waals surface area contributed by atoms with Gasteiger partial charge in [-0.3, -0.25) is 38.4 Å². The second kappa shape index (κ2) is 27.6. The molecule has 0 bridgehead atoms. The fourth-order valence-corrected chi connectivity index (χ4v) is 15.2. The maximum atomic E-state index is 15.2. The van der Waals surface area contributed by atoms with E-state index in [4.69, 9.17) is 46.3 Å². The van der Waals surface area contributed by atoms with Gasteiger partial charge in [0.2, 0.25) is 12.6 Å². The Morgan fingerprint density at radius 1 is 0.494 bits per heavy atom. The Hall–Kier alpha value is -5.79. The van der Waals surface area contributed by atoms with Crippen LogP contribution in [-0.4, -0.2) is 94.8 Å². The highest BCUT2D eigenvalue weighted by atomic mass is 31.2. The molecule has 24 heteroatoms. The van der Waals surface area contributed by atoms with Crippen molar-refractivity contribution in [3.05, 3.63) is 188 Å².